The van der Waals surface area contributed by atoms with Gasteiger partial charge < -0.3 is 17.7 Å². The van der Waals surface area contributed by atoms with Crippen LogP contribution in [0.1, 0.15) is 163 Å². The number of nitrogens with zero attached hydrogens (tertiary/aromatic N) is 18. The molecule has 96 heavy (non-hydrogen) atoms. The maximum absolute atomic E-state index is 16.0. The number of phenolic OH excluding ortho intramolecular Hbond substituents is 1. The zero-order chi connectivity index (χ0) is 70.7. The Labute approximate surface area is 542 Å². The van der Waals surface area contributed by atoms with Crippen LogP contribution in [0.4, 0.5) is 0 Å². The van der Waals surface area contributed by atoms with Crippen molar-refractivity contribution in [3.63, 3.8) is 0 Å². The molecule has 0 saturated carbocycles. The van der Waals surface area contributed by atoms with E-state index in [4.69, 9.17) is 12.5 Å². The Kier molecular flexibility index (Phi) is 15.9. The van der Waals surface area contributed by atoms with Crippen LogP contribution in [0.2, 0.25) is 0 Å². The number of fused-ring (bicyclic) bond motifs is 7. The lowest BCUT2D eigenvalue weighted by Crippen LogP contribution is -2.29. The molecule has 1 atom stereocenters. The highest BCUT2D eigenvalue weighted by Gasteiger charge is 2.61. The van der Waals surface area contributed by atoms with Crippen molar-refractivity contribution in [3.05, 3.63) is 213 Å². The van der Waals surface area contributed by atoms with Crippen molar-refractivity contribution < 1.29 is 71.7 Å². The second kappa shape index (κ2) is 22.8. The smallest absolute Gasteiger partial charge is 0.339 e. The molecule has 5 aliphatic rings. The van der Waals surface area contributed by atoms with Gasteiger partial charge in [-0.25, -0.2) is 0 Å². The van der Waals surface area contributed by atoms with Crippen LogP contribution in [0.25, 0.3) is 79.7 Å². The van der Waals surface area contributed by atoms with E-state index >= 15 is 25.3 Å². The van der Waals surface area contributed by atoms with Gasteiger partial charge in [-0.05, 0) is 97.0 Å². The molecule has 1 spiro atoms. The van der Waals surface area contributed by atoms with Crippen LogP contribution in [0, 0.1) is 0 Å². The fourth-order valence-electron chi connectivity index (χ4n) is 13.1. The molecule has 0 heterocycles. The molecule has 5 aromatic carbocycles. The molecule has 0 bridgehead atoms. The van der Waals surface area contributed by atoms with Gasteiger partial charge in [0, 0.05) is 90.5 Å². The van der Waals surface area contributed by atoms with Gasteiger partial charge in [-0.2, -0.15) is 25.3 Å². The molecule has 5 aliphatic carbocycles. The number of phenols is 1. The minimum absolute atomic E-state index is 0.00572. The third kappa shape index (κ3) is 10.3. The van der Waals surface area contributed by atoms with E-state index in [-0.39, 0.29) is 46.2 Å². The van der Waals surface area contributed by atoms with E-state index in [2.05, 4.69) is 60.2 Å². The first kappa shape index (κ1) is 67.1. The van der Waals surface area contributed by atoms with Crippen LogP contribution in [0.3, 0.4) is 0 Å². The molecule has 0 aromatic heterocycles. The Morgan fingerprint density at radius 2 is 0.698 bits per heavy atom. The van der Waals surface area contributed by atoms with Crippen LogP contribution >= 0.6 is 0 Å². The number of allylic oxidation sites excluding steroid dienone is 3. The minimum Gasteiger partial charge on any atom is -0.504 e. The van der Waals surface area contributed by atoms with Crippen LogP contribution in [0.15, 0.2) is 129 Å². The number of hydrogen-bond acceptors (Lipinski definition) is 22. The lowest BCUT2D eigenvalue weighted by molar-refractivity contribution is -0.112. The monoisotopic (exact) mass is 1360 g/mol. The Morgan fingerprint density at radius 3 is 1.01 bits per heavy atom. The number of ketones is 6. The number of Topliss-reactive ketones (excluding diaryl/α,β-unsaturated/α-hetero) is 6. The number of carbonyl (C=O) groups excluding carboxylic acids is 6. The van der Waals surface area contributed by atoms with E-state index in [0.29, 0.717) is 0 Å². The second-order valence-corrected chi connectivity index (χ2v) is 30.1. The summed E-state index contributed by atoms with van der Waals surface area (Å²) in [6, 6.07) is 11.6. The molecule has 0 fully saturated rings. The first-order valence-electron chi connectivity index (χ1n) is 28.0. The Hall–Kier alpha value is -11.8. The van der Waals surface area contributed by atoms with Crippen molar-refractivity contribution in [3.8, 4) is 23.0 Å². The number of rotatable bonds is 15. The van der Waals surface area contributed by atoms with Gasteiger partial charge in [0.1, 0.15) is 14.7 Å². The van der Waals surface area contributed by atoms with Crippen molar-refractivity contribution in [1.29, 1.82) is 0 Å². The van der Waals surface area contributed by atoms with Crippen molar-refractivity contribution in [2.45, 2.75) is 124 Å². The average Bonchev–Trinajstić information content (AvgIpc) is 1.50. The van der Waals surface area contributed by atoms with Gasteiger partial charge in [-0.3, -0.25) is 28.8 Å². The number of aromatic hydroxyl groups is 1. The summed E-state index contributed by atoms with van der Waals surface area (Å²) in [5.41, 5.74) is 39.8. The molecule has 1 N–H and O–H groups in total. The average molecular weight is 1360 g/mol. The van der Waals surface area contributed by atoms with Crippen molar-refractivity contribution in [2.75, 3.05) is 0 Å². The molecule has 0 amide bonds. The first-order chi connectivity index (χ1) is 44.8. The summed E-state index contributed by atoms with van der Waals surface area (Å²) in [4.78, 5) is 94.0. The fourth-order valence-corrected chi connectivity index (χ4v) is 16.6. The molecule has 10 rings (SSSR count). The van der Waals surface area contributed by atoms with Crippen molar-refractivity contribution in [2.24, 2.45) is 30.7 Å². The van der Waals surface area contributed by atoms with E-state index in [1.165, 1.54) is 12.1 Å². The normalized spacial score (nSPS) is 17.7. The number of hydrogen-bond donors (Lipinski definition) is 1. The third-order valence-corrected chi connectivity index (χ3v) is 20.5. The zero-order valence-corrected chi connectivity index (χ0v) is 54.1. The highest BCUT2D eigenvalue weighted by molar-refractivity contribution is 7.88. The number of carbonyl (C=O) groups is 6. The van der Waals surface area contributed by atoms with Crippen LogP contribution in [0.5, 0.6) is 23.0 Å². The Bertz CT molecular complexity index is 5400. The summed E-state index contributed by atoms with van der Waals surface area (Å²) >= 11 is 0. The fraction of sp³-hybridized carbons (Fsp3) is 0.288. The minimum atomic E-state index is -5.84. The predicted octanol–water partition coefficient (Wildman–Crippen LogP) is 13.1. The van der Waals surface area contributed by atoms with Crippen LogP contribution in [-0.4, -0.2) is 65.1 Å². The lowest BCUT2D eigenvalue weighted by Gasteiger charge is -2.33. The van der Waals surface area contributed by atoms with Gasteiger partial charge in [0.2, 0.25) is 34.7 Å². The molecule has 0 aliphatic heterocycles. The van der Waals surface area contributed by atoms with E-state index in [1.807, 2.05) is 0 Å². The van der Waals surface area contributed by atoms with Crippen molar-refractivity contribution >= 4 is 82.1 Å². The van der Waals surface area contributed by atoms with Gasteiger partial charge >= 0.3 is 30.4 Å². The summed E-state index contributed by atoms with van der Waals surface area (Å²) in [5, 5.41) is 33.6. The Morgan fingerprint density at radius 1 is 0.417 bits per heavy atom. The molecule has 37 heteroatoms. The summed E-state index contributed by atoms with van der Waals surface area (Å²) in [6.07, 6.45) is -0.439. The first-order valence-corrected chi connectivity index (χ1v) is 32.2. The van der Waals surface area contributed by atoms with Crippen LogP contribution in [-0.2, 0) is 71.8 Å². The number of azide groups is 6. The van der Waals surface area contributed by atoms with Gasteiger partial charge in [0.05, 0.1) is 34.2 Å². The molecule has 0 radical (unpaired) electrons. The molecule has 1 unspecified atom stereocenters. The van der Waals surface area contributed by atoms with E-state index in [0.717, 1.165) is 54.6 Å². The molecule has 5 aromatic rings. The lowest BCUT2D eigenvalue weighted by atomic mass is 9.71. The van der Waals surface area contributed by atoms with E-state index < -0.39 is 197 Å². The zero-order valence-electron chi connectivity index (χ0n) is 51.6. The maximum Gasteiger partial charge on any atom is 0.339 e. The molecule has 0 saturated heterocycles. The van der Waals surface area contributed by atoms with Crippen LogP contribution < -0.4 is 12.5 Å². The van der Waals surface area contributed by atoms with Gasteiger partial charge in [-0.15, -0.1) is 0 Å². The maximum atomic E-state index is 16.0. The SMILES string of the molecule is CC(C)(C)c1cc2c(c(O)c1OS(=O)(=O)c1cccc3c1C(N=[N+]=[N-])=C(N=[N+]=[N-])C(=O)C3=O)C1(CC2(C)C)CC(C)(C)c2cc(C(C)(C)C)c(OS(=O)(=O)c3cccc4c3C(N=[N+]=[N-])=C(N=[N+]=[N-])C(=O)C4=O)c(OS(=O)(=O)c3cccc4c3C(N=[N+]=[N-])=C(N=[N+]=[N-])C(=O)C4=O)c21. The van der Waals surface area contributed by atoms with Gasteiger partial charge in [-0.1, -0.05) is 148 Å². The summed E-state index contributed by atoms with van der Waals surface area (Å²) in [7, 11) is -17.1. The standard InChI is InChI=1S/C59H46N18O16S3/c1-55(2,3)29-20-27-37(48(81)52(29)91-94(85,86)31-17-11-14-24-34(31)39(66-72-60)42(69-75-63)49(82)45(24)78)59(22-57(27,7)8)23-58(9,10)28-21-30(56(4,5)6)53(92-95(87,88)32-18-12-15-25-35(32)40(67-73-61)43(70-76-64)50(83)46(25)79)54(38(28)59)93-96(89,90)33-19-13-16-26-36(33)41(68-74-62)44(71-77-65)51(84)47(26)80/h11-21,81H,22-23H2,1-10H3. The number of benzene rings is 5. The molecule has 34 nitrogen and oxygen atoms in total. The van der Waals surface area contributed by atoms with E-state index in [1.54, 1.807) is 69.2 Å². The molecular formula is C59H46N18O16S3. The van der Waals surface area contributed by atoms with Gasteiger partial charge in [0.15, 0.2) is 23.0 Å². The Balaban J connectivity index is 1.34. The largest absolute Gasteiger partial charge is 0.504 e. The van der Waals surface area contributed by atoms with E-state index in [9.17, 15) is 67.1 Å². The van der Waals surface area contributed by atoms with Crippen molar-refractivity contribution in [1.82, 2.24) is 0 Å². The predicted molar refractivity (Wildman–Crippen MR) is 334 cm³/mol. The second-order valence-electron chi connectivity index (χ2n) is 25.6. The summed E-state index contributed by atoms with van der Waals surface area (Å²) < 4.78 is 113. The highest BCUT2D eigenvalue weighted by atomic mass is 32.2. The van der Waals surface area contributed by atoms with Gasteiger partial charge in [0.25, 0.3) is 0 Å². The highest BCUT2D eigenvalue weighted by Crippen LogP contribution is 2.70. The summed E-state index contributed by atoms with van der Waals surface area (Å²) in [5.74, 6) is -12.4. The summed E-state index contributed by atoms with van der Waals surface area (Å²) in [6.45, 7) is 16.4. The quantitative estimate of drug-likeness (QED) is 0.0334. The third-order valence-electron chi connectivity index (χ3n) is 16.7. The molecule has 486 valence electrons. The topological polar surface area (TPSA) is 545 Å². The molecular weight excluding hydrogens is 1310 g/mol.